The SMILES string of the molecule is CC1CCC12CCCC2CS. The van der Waals surface area contributed by atoms with Crippen molar-refractivity contribution in [2.45, 2.75) is 39.0 Å². The van der Waals surface area contributed by atoms with Crippen LogP contribution in [-0.2, 0) is 0 Å². The van der Waals surface area contributed by atoms with Gasteiger partial charge in [-0.05, 0) is 48.7 Å². The first-order valence-electron chi connectivity index (χ1n) is 4.90. The number of rotatable bonds is 1. The second kappa shape index (κ2) is 2.69. The lowest BCUT2D eigenvalue weighted by Crippen LogP contribution is -2.42. The second-order valence-corrected chi connectivity index (χ2v) is 4.81. The summed E-state index contributed by atoms with van der Waals surface area (Å²) in [5.74, 6) is 3.08. The van der Waals surface area contributed by atoms with E-state index in [1.807, 2.05) is 0 Å². The van der Waals surface area contributed by atoms with Gasteiger partial charge in [0.25, 0.3) is 0 Å². The molecule has 0 amide bonds. The summed E-state index contributed by atoms with van der Waals surface area (Å²) >= 11 is 4.46. The Morgan fingerprint density at radius 2 is 2.18 bits per heavy atom. The van der Waals surface area contributed by atoms with Crippen molar-refractivity contribution in [2.24, 2.45) is 17.3 Å². The smallest absolute Gasteiger partial charge is 0.00641 e. The first-order chi connectivity index (χ1) is 5.29. The Bertz CT molecular complexity index is 155. The fourth-order valence-electron chi connectivity index (χ4n) is 3.22. The molecule has 0 aliphatic heterocycles. The molecule has 0 aromatic rings. The Morgan fingerprint density at radius 3 is 2.55 bits per heavy atom. The fraction of sp³-hybridized carbons (Fsp3) is 1.00. The maximum Gasteiger partial charge on any atom is -0.00641 e. The summed E-state index contributed by atoms with van der Waals surface area (Å²) < 4.78 is 0. The average molecular weight is 170 g/mol. The molecule has 1 spiro atoms. The predicted molar refractivity (Wildman–Crippen MR) is 52.0 cm³/mol. The molecule has 3 unspecified atom stereocenters. The molecule has 2 rings (SSSR count). The topological polar surface area (TPSA) is 0 Å². The van der Waals surface area contributed by atoms with Gasteiger partial charge in [0.1, 0.15) is 0 Å². The van der Waals surface area contributed by atoms with E-state index in [0.717, 1.165) is 23.0 Å². The van der Waals surface area contributed by atoms with Crippen LogP contribution < -0.4 is 0 Å². The van der Waals surface area contributed by atoms with E-state index in [2.05, 4.69) is 19.6 Å². The Hall–Kier alpha value is 0.350. The van der Waals surface area contributed by atoms with E-state index in [9.17, 15) is 0 Å². The molecule has 64 valence electrons. The Labute approximate surface area is 75.2 Å². The highest BCUT2D eigenvalue weighted by Crippen LogP contribution is 2.60. The van der Waals surface area contributed by atoms with Crippen molar-refractivity contribution in [1.82, 2.24) is 0 Å². The molecular weight excluding hydrogens is 152 g/mol. The molecule has 0 aromatic carbocycles. The van der Waals surface area contributed by atoms with Crippen LogP contribution in [0.25, 0.3) is 0 Å². The van der Waals surface area contributed by atoms with Crippen molar-refractivity contribution in [3.63, 3.8) is 0 Å². The Kier molecular flexibility index (Phi) is 1.95. The molecule has 2 aliphatic rings. The number of hydrogen-bond donors (Lipinski definition) is 1. The molecule has 0 radical (unpaired) electrons. The maximum absolute atomic E-state index is 4.46. The summed E-state index contributed by atoms with van der Waals surface area (Å²) in [6.45, 7) is 2.44. The van der Waals surface area contributed by atoms with Gasteiger partial charge in [-0.15, -0.1) is 0 Å². The minimum absolute atomic E-state index is 0.766. The van der Waals surface area contributed by atoms with Crippen molar-refractivity contribution in [1.29, 1.82) is 0 Å². The zero-order valence-corrected chi connectivity index (χ0v) is 8.24. The van der Waals surface area contributed by atoms with Gasteiger partial charge in [0.2, 0.25) is 0 Å². The van der Waals surface area contributed by atoms with Gasteiger partial charge in [0.05, 0.1) is 0 Å². The fourth-order valence-corrected chi connectivity index (χ4v) is 3.77. The summed E-state index contributed by atoms with van der Waals surface area (Å²) in [6, 6.07) is 0. The van der Waals surface area contributed by atoms with E-state index in [1.165, 1.54) is 32.1 Å². The van der Waals surface area contributed by atoms with Crippen LogP contribution in [0, 0.1) is 17.3 Å². The third kappa shape index (κ3) is 0.965. The van der Waals surface area contributed by atoms with Gasteiger partial charge in [-0.3, -0.25) is 0 Å². The molecule has 2 saturated carbocycles. The average Bonchev–Trinajstić information content (AvgIpc) is 2.46. The molecule has 0 bridgehead atoms. The first-order valence-corrected chi connectivity index (χ1v) is 5.54. The summed E-state index contributed by atoms with van der Waals surface area (Å²) in [5.41, 5.74) is 0.766. The molecule has 11 heavy (non-hydrogen) atoms. The van der Waals surface area contributed by atoms with Gasteiger partial charge in [-0.25, -0.2) is 0 Å². The maximum atomic E-state index is 4.46. The second-order valence-electron chi connectivity index (χ2n) is 4.44. The van der Waals surface area contributed by atoms with Gasteiger partial charge in [-0.2, -0.15) is 12.6 Å². The zero-order chi connectivity index (χ0) is 7.90. The van der Waals surface area contributed by atoms with E-state index in [0.29, 0.717) is 0 Å². The molecule has 0 N–H and O–H groups in total. The van der Waals surface area contributed by atoms with Crippen LogP contribution in [0.5, 0.6) is 0 Å². The van der Waals surface area contributed by atoms with Gasteiger partial charge >= 0.3 is 0 Å². The van der Waals surface area contributed by atoms with E-state index in [1.54, 1.807) is 0 Å². The van der Waals surface area contributed by atoms with Crippen LogP contribution in [0.4, 0.5) is 0 Å². The van der Waals surface area contributed by atoms with E-state index >= 15 is 0 Å². The molecule has 1 heteroatoms. The number of hydrogen-bond acceptors (Lipinski definition) is 1. The van der Waals surface area contributed by atoms with Crippen molar-refractivity contribution >= 4 is 12.6 Å². The van der Waals surface area contributed by atoms with Crippen LogP contribution in [0.2, 0.25) is 0 Å². The van der Waals surface area contributed by atoms with E-state index < -0.39 is 0 Å². The summed E-state index contributed by atoms with van der Waals surface area (Å²) in [6.07, 6.45) is 7.40. The highest BCUT2D eigenvalue weighted by Gasteiger charge is 2.51. The third-order valence-corrected chi connectivity index (χ3v) is 4.69. The van der Waals surface area contributed by atoms with Gasteiger partial charge in [0.15, 0.2) is 0 Å². The molecule has 0 heterocycles. The van der Waals surface area contributed by atoms with Crippen molar-refractivity contribution in [3.05, 3.63) is 0 Å². The summed E-state index contributed by atoms with van der Waals surface area (Å²) in [5, 5.41) is 0. The minimum Gasteiger partial charge on any atom is -0.179 e. The lowest BCUT2D eigenvalue weighted by molar-refractivity contribution is 0.0109. The largest absolute Gasteiger partial charge is 0.179 e. The lowest BCUT2D eigenvalue weighted by Gasteiger charge is -2.49. The first kappa shape index (κ1) is 7.97. The minimum atomic E-state index is 0.766. The lowest BCUT2D eigenvalue weighted by atomic mass is 9.56. The summed E-state index contributed by atoms with van der Waals surface area (Å²) in [4.78, 5) is 0. The highest BCUT2D eigenvalue weighted by atomic mass is 32.1. The highest BCUT2D eigenvalue weighted by molar-refractivity contribution is 7.80. The normalized spacial score (nSPS) is 49.6. The van der Waals surface area contributed by atoms with Crippen LogP contribution in [0.3, 0.4) is 0 Å². The molecular formula is C10H18S. The Morgan fingerprint density at radius 1 is 1.36 bits per heavy atom. The third-order valence-electron chi connectivity index (χ3n) is 4.25. The Balaban J connectivity index is 2.10. The summed E-state index contributed by atoms with van der Waals surface area (Å²) in [7, 11) is 0. The van der Waals surface area contributed by atoms with Crippen molar-refractivity contribution < 1.29 is 0 Å². The van der Waals surface area contributed by atoms with Crippen LogP contribution in [-0.4, -0.2) is 5.75 Å². The van der Waals surface area contributed by atoms with E-state index in [-0.39, 0.29) is 0 Å². The van der Waals surface area contributed by atoms with Crippen molar-refractivity contribution in [2.75, 3.05) is 5.75 Å². The molecule has 0 saturated heterocycles. The molecule has 0 nitrogen and oxygen atoms in total. The molecule has 2 aliphatic carbocycles. The zero-order valence-electron chi connectivity index (χ0n) is 7.34. The molecule has 0 aromatic heterocycles. The standard InChI is InChI=1S/C10H18S/c1-8-4-6-10(8)5-2-3-9(10)7-11/h8-9,11H,2-7H2,1H3. The van der Waals surface area contributed by atoms with Crippen molar-refractivity contribution in [3.8, 4) is 0 Å². The van der Waals surface area contributed by atoms with Gasteiger partial charge in [-0.1, -0.05) is 13.3 Å². The monoisotopic (exact) mass is 170 g/mol. The van der Waals surface area contributed by atoms with Crippen LogP contribution >= 0.6 is 12.6 Å². The molecule has 3 atom stereocenters. The quantitative estimate of drug-likeness (QED) is 0.574. The number of thiol groups is 1. The van der Waals surface area contributed by atoms with E-state index in [4.69, 9.17) is 0 Å². The van der Waals surface area contributed by atoms with Gasteiger partial charge in [0, 0.05) is 0 Å². The predicted octanol–water partition coefficient (Wildman–Crippen LogP) is 3.13. The van der Waals surface area contributed by atoms with Crippen LogP contribution in [0.1, 0.15) is 39.0 Å². The molecule has 2 fully saturated rings. The van der Waals surface area contributed by atoms with Gasteiger partial charge < -0.3 is 0 Å². The van der Waals surface area contributed by atoms with Crippen LogP contribution in [0.15, 0.2) is 0 Å².